The lowest BCUT2D eigenvalue weighted by Crippen LogP contribution is -2.28. The highest BCUT2D eigenvalue weighted by Crippen LogP contribution is 2.20. The molecule has 0 atom stereocenters. The summed E-state index contributed by atoms with van der Waals surface area (Å²) in [6.07, 6.45) is 0.561. The second-order valence-electron chi connectivity index (χ2n) is 4.97. The van der Waals surface area contributed by atoms with Gasteiger partial charge in [0.2, 0.25) is 11.8 Å². The molecule has 0 saturated heterocycles. The third-order valence-electron chi connectivity index (χ3n) is 3.16. The minimum Gasteiger partial charge on any atom is -0.355 e. The number of anilines is 1. The first-order valence-corrected chi connectivity index (χ1v) is 7.91. The lowest BCUT2D eigenvalue weighted by atomic mass is 10.1. The molecule has 0 aliphatic heterocycles. The molecule has 22 heavy (non-hydrogen) atoms. The number of rotatable bonds is 6. The molecule has 1 aromatic heterocycles. The Balaban J connectivity index is 1.69. The zero-order valence-electron chi connectivity index (χ0n) is 12.7. The highest BCUT2D eigenvalue weighted by Gasteiger charge is 2.08. The lowest BCUT2D eigenvalue weighted by molar-refractivity contribution is -0.120. The summed E-state index contributed by atoms with van der Waals surface area (Å²) in [5, 5.41) is 6.10. The van der Waals surface area contributed by atoms with Gasteiger partial charge < -0.3 is 10.6 Å². The predicted octanol–water partition coefficient (Wildman–Crippen LogP) is 2.45. The van der Waals surface area contributed by atoms with Gasteiger partial charge in [-0.15, -0.1) is 11.3 Å². The van der Waals surface area contributed by atoms with Crippen molar-refractivity contribution in [3.05, 3.63) is 46.5 Å². The van der Waals surface area contributed by atoms with E-state index in [1.54, 1.807) is 0 Å². The summed E-state index contributed by atoms with van der Waals surface area (Å²) < 4.78 is 0. The van der Waals surface area contributed by atoms with Crippen LogP contribution in [0, 0.1) is 13.8 Å². The van der Waals surface area contributed by atoms with Gasteiger partial charge in [-0.05, 0) is 19.4 Å². The Hall–Kier alpha value is -2.21. The number of carbonyl (C=O) groups excluding carboxylic acids is 2. The number of hydrogen-bond donors (Lipinski definition) is 2. The van der Waals surface area contributed by atoms with Gasteiger partial charge in [-0.25, -0.2) is 4.98 Å². The number of aromatic nitrogens is 1. The first-order chi connectivity index (χ1) is 10.5. The Bertz CT molecular complexity index is 633. The van der Waals surface area contributed by atoms with Crippen LogP contribution in [0.1, 0.15) is 22.6 Å². The first-order valence-electron chi connectivity index (χ1n) is 7.09. The SMILES string of the molecule is Cc1nc(NC(=O)CCNC(=O)Cc2ccccc2)sc1C. The first kappa shape index (κ1) is 16.2. The number of thiazole rings is 1. The van der Waals surface area contributed by atoms with E-state index in [-0.39, 0.29) is 18.2 Å². The van der Waals surface area contributed by atoms with Crippen LogP contribution in [0.5, 0.6) is 0 Å². The van der Waals surface area contributed by atoms with Gasteiger partial charge in [-0.1, -0.05) is 30.3 Å². The highest BCUT2D eigenvalue weighted by atomic mass is 32.1. The molecule has 0 spiro atoms. The molecule has 2 amide bonds. The van der Waals surface area contributed by atoms with E-state index in [0.717, 1.165) is 16.1 Å². The van der Waals surface area contributed by atoms with Gasteiger partial charge in [0.15, 0.2) is 5.13 Å². The van der Waals surface area contributed by atoms with E-state index in [9.17, 15) is 9.59 Å². The highest BCUT2D eigenvalue weighted by molar-refractivity contribution is 7.15. The molecule has 6 heteroatoms. The van der Waals surface area contributed by atoms with E-state index in [1.165, 1.54) is 11.3 Å². The molecule has 2 N–H and O–H groups in total. The Morgan fingerprint density at radius 1 is 1.14 bits per heavy atom. The van der Waals surface area contributed by atoms with Crippen molar-refractivity contribution in [2.75, 3.05) is 11.9 Å². The van der Waals surface area contributed by atoms with Crippen molar-refractivity contribution < 1.29 is 9.59 Å². The summed E-state index contributed by atoms with van der Waals surface area (Å²) in [4.78, 5) is 28.9. The van der Waals surface area contributed by atoms with E-state index in [1.807, 2.05) is 44.2 Å². The van der Waals surface area contributed by atoms with Crippen LogP contribution >= 0.6 is 11.3 Å². The number of aryl methyl sites for hydroxylation is 2. The van der Waals surface area contributed by atoms with Crippen LogP contribution < -0.4 is 10.6 Å². The molecule has 0 unspecified atom stereocenters. The molecular formula is C16H19N3O2S. The monoisotopic (exact) mass is 317 g/mol. The van der Waals surface area contributed by atoms with Crippen molar-refractivity contribution in [2.24, 2.45) is 0 Å². The predicted molar refractivity (Wildman–Crippen MR) is 88.0 cm³/mol. The molecule has 1 aromatic carbocycles. The van der Waals surface area contributed by atoms with Crippen LogP contribution in [0.3, 0.4) is 0 Å². The van der Waals surface area contributed by atoms with Crippen molar-refractivity contribution in [1.82, 2.24) is 10.3 Å². The molecule has 116 valence electrons. The number of carbonyl (C=O) groups is 2. The second kappa shape index (κ2) is 7.70. The van der Waals surface area contributed by atoms with E-state index >= 15 is 0 Å². The Labute approximate surface area is 133 Å². The third kappa shape index (κ3) is 4.96. The average Bonchev–Trinajstić information content (AvgIpc) is 2.78. The molecule has 1 heterocycles. The van der Waals surface area contributed by atoms with Crippen LogP contribution in [-0.2, 0) is 16.0 Å². The Morgan fingerprint density at radius 3 is 2.50 bits per heavy atom. The largest absolute Gasteiger partial charge is 0.355 e. The summed E-state index contributed by atoms with van der Waals surface area (Å²) in [6.45, 7) is 4.19. The summed E-state index contributed by atoms with van der Waals surface area (Å²) in [5.41, 5.74) is 1.88. The summed E-state index contributed by atoms with van der Waals surface area (Å²) in [7, 11) is 0. The summed E-state index contributed by atoms with van der Waals surface area (Å²) in [6, 6.07) is 9.51. The Kier molecular flexibility index (Phi) is 5.66. The minimum absolute atomic E-state index is 0.0834. The van der Waals surface area contributed by atoms with Crippen molar-refractivity contribution in [3.8, 4) is 0 Å². The molecule has 0 aliphatic carbocycles. The molecule has 2 aromatic rings. The normalized spacial score (nSPS) is 10.3. The maximum atomic E-state index is 11.8. The van der Waals surface area contributed by atoms with Gasteiger partial charge in [-0.2, -0.15) is 0 Å². The summed E-state index contributed by atoms with van der Waals surface area (Å²) in [5.74, 6) is -0.228. The molecule has 2 rings (SSSR count). The summed E-state index contributed by atoms with van der Waals surface area (Å²) >= 11 is 1.45. The molecule has 0 saturated carbocycles. The number of nitrogens with one attached hydrogen (secondary N) is 2. The number of amides is 2. The van der Waals surface area contributed by atoms with Gasteiger partial charge in [0, 0.05) is 17.8 Å². The second-order valence-corrected chi connectivity index (χ2v) is 6.17. The van der Waals surface area contributed by atoms with Gasteiger partial charge in [0.05, 0.1) is 12.1 Å². The molecular weight excluding hydrogens is 298 g/mol. The molecule has 0 aliphatic rings. The van der Waals surface area contributed by atoms with E-state index in [4.69, 9.17) is 0 Å². The van der Waals surface area contributed by atoms with E-state index < -0.39 is 0 Å². The van der Waals surface area contributed by atoms with E-state index in [2.05, 4.69) is 15.6 Å². The molecule has 0 bridgehead atoms. The van der Waals surface area contributed by atoms with Crippen LogP contribution in [0.25, 0.3) is 0 Å². The zero-order valence-corrected chi connectivity index (χ0v) is 13.5. The molecule has 0 radical (unpaired) electrons. The van der Waals surface area contributed by atoms with Crippen molar-refractivity contribution >= 4 is 28.3 Å². The smallest absolute Gasteiger partial charge is 0.227 e. The number of benzene rings is 1. The maximum Gasteiger partial charge on any atom is 0.227 e. The zero-order chi connectivity index (χ0) is 15.9. The van der Waals surface area contributed by atoms with Crippen LogP contribution in [0.15, 0.2) is 30.3 Å². The number of hydrogen-bond acceptors (Lipinski definition) is 4. The minimum atomic E-state index is -0.145. The lowest BCUT2D eigenvalue weighted by Gasteiger charge is -2.05. The number of nitrogens with zero attached hydrogens (tertiary/aromatic N) is 1. The Morgan fingerprint density at radius 2 is 1.86 bits per heavy atom. The van der Waals surface area contributed by atoms with E-state index in [0.29, 0.717) is 18.1 Å². The molecule has 5 nitrogen and oxygen atoms in total. The fourth-order valence-corrected chi connectivity index (χ4v) is 2.70. The van der Waals surface area contributed by atoms with Gasteiger partial charge in [0.1, 0.15) is 0 Å². The van der Waals surface area contributed by atoms with Crippen LogP contribution in [0.2, 0.25) is 0 Å². The maximum absolute atomic E-state index is 11.8. The van der Waals surface area contributed by atoms with Gasteiger partial charge in [0.25, 0.3) is 0 Å². The third-order valence-corrected chi connectivity index (χ3v) is 4.14. The quantitative estimate of drug-likeness (QED) is 0.859. The average molecular weight is 317 g/mol. The van der Waals surface area contributed by atoms with Crippen LogP contribution in [0.4, 0.5) is 5.13 Å². The molecule has 0 fully saturated rings. The van der Waals surface area contributed by atoms with Gasteiger partial charge >= 0.3 is 0 Å². The van der Waals surface area contributed by atoms with Crippen LogP contribution in [-0.4, -0.2) is 23.3 Å². The fourth-order valence-electron chi connectivity index (χ4n) is 1.87. The topological polar surface area (TPSA) is 71.1 Å². The fraction of sp³-hybridized carbons (Fsp3) is 0.312. The van der Waals surface area contributed by atoms with Crippen molar-refractivity contribution in [3.63, 3.8) is 0 Å². The van der Waals surface area contributed by atoms with Crippen molar-refractivity contribution in [1.29, 1.82) is 0 Å². The standard InChI is InChI=1S/C16H19N3O2S/c1-11-12(2)22-16(18-11)19-14(20)8-9-17-15(21)10-13-6-4-3-5-7-13/h3-7H,8-10H2,1-2H3,(H,17,21)(H,18,19,20). The van der Waals surface area contributed by atoms with Crippen molar-refractivity contribution in [2.45, 2.75) is 26.7 Å². The van der Waals surface area contributed by atoms with Gasteiger partial charge in [-0.3, -0.25) is 9.59 Å².